The van der Waals surface area contributed by atoms with Gasteiger partial charge in [-0.3, -0.25) is 0 Å². The molecule has 0 saturated carbocycles. The van der Waals surface area contributed by atoms with Crippen molar-refractivity contribution in [2.45, 2.75) is 17.4 Å². The summed E-state index contributed by atoms with van der Waals surface area (Å²) in [4.78, 5) is 3.52. The van der Waals surface area contributed by atoms with Gasteiger partial charge in [0.2, 0.25) is 0 Å². The Morgan fingerprint density at radius 1 is 1.38 bits per heavy atom. The predicted octanol–water partition coefficient (Wildman–Crippen LogP) is 1.95. The molecule has 2 nitrogen and oxygen atoms in total. The van der Waals surface area contributed by atoms with Gasteiger partial charge in [-0.15, -0.1) is 11.8 Å². The number of nitrogens with two attached hydrogens (primary N) is 1. The molecule has 16 heavy (non-hydrogen) atoms. The van der Waals surface area contributed by atoms with Crippen LogP contribution in [0.25, 0.3) is 0 Å². The molecule has 2 rings (SSSR count). The van der Waals surface area contributed by atoms with Gasteiger partial charge in [0.1, 0.15) is 5.82 Å². The van der Waals surface area contributed by atoms with Crippen LogP contribution in [0, 0.1) is 5.82 Å². The highest BCUT2D eigenvalue weighted by Gasteiger charge is 2.17. The summed E-state index contributed by atoms with van der Waals surface area (Å²) in [7, 11) is 0. The quantitative estimate of drug-likeness (QED) is 0.816. The summed E-state index contributed by atoms with van der Waals surface area (Å²) in [5.41, 5.74) is 5.83. The molecule has 0 spiro atoms. The maximum Gasteiger partial charge on any atom is 0.123 e. The van der Waals surface area contributed by atoms with Crippen molar-refractivity contribution in [3.8, 4) is 0 Å². The fourth-order valence-electron chi connectivity index (χ4n) is 1.89. The van der Waals surface area contributed by atoms with Crippen LogP contribution < -0.4 is 5.73 Å². The minimum atomic E-state index is -0.171. The number of nitrogens with zero attached hydrogens (tertiary/aromatic N) is 1. The molecule has 0 amide bonds. The molecule has 1 fully saturated rings. The second kappa shape index (κ2) is 5.66. The van der Waals surface area contributed by atoms with Crippen molar-refractivity contribution < 1.29 is 4.39 Å². The lowest BCUT2D eigenvalue weighted by Crippen LogP contribution is -2.28. The van der Waals surface area contributed by atoms with Crippen LogP contribution in [0.5, 0.6) is 0 Å². The molecule has 1 unspecified atom stereocenters. The van der Waals surface area contributed by atoms with Crippen LogP contribution in [0.1, 0.15) is 6.42 Å². The lowest BCUT2D eigenvalue weighted by Gasteiger charge is -2.14. The molecular weight excluding hydrogens is 223 g/mol. The van der Waals surface area contributed by atoms with Crippen molar-refractivity contribution in [2.24, 2.45) is 5.73 Å². The molecule has 1 saturated heterocycles. The Balaban J connectivity index is 1.70. The maximum atomic E-state index is 12.7. The third-order valence-corrected chi connectivity index (χ3v) is 3.79. The fraction of sp³-hybridized carbons (Fsp3) is 0.500. The topological polar surface area (TPSA) is 29.3 Å². The Morgan fingerprint density at radius 3 is 2.75 bits per heavy atom. The van der Waals surface area contributed by atoms with Gasteiger partial charge < -0.3 is 10.6 Å². The Labute approximate surface area is 100 Å². The molecule has 2 N–H and O–H groups in total. The molecule has 1 atom stereocenters. The molecule has 0 bridgehead atoms. The highest BCUT2D eigenvalue weighted by molar-refractivity contribution is 7.99. The summed E-state index contributed by atoms with van der Waals surface area (Å²) in [5, 5.41) is 0. The minimum absolute atomic E-state index is 0.171. The molecule has 1 aliphatic rings. The average Bonchev–Trinajstić information content (AvgIpc) is 2.67. The molecular formula is C12H17FN2S. The standard InChI is InChI=1S/C12H17FN2S/c13-10-1-3-12(4-2-10)16-8-7-15-6-5-11(14)9-15/h1-4,11H,5-9,14H2. The van der Waals surface area contributed by atoms with Crippen LogP contribution in [0.2, 0.25) is 0 Å². The second-order valence-corrected chi connectivity index (χ2v) is 5.32. The van der Waals surface area contributed by atoms with Crippen LogP contribution in [0.4, 0.5) is 4.39 Å². The van der Waals surface area contributed by atoms with Crippen LogP contribution in [0.15, 0.2) is 29.2 Å². The van der Waals surface area contributed by atoms with Crippen molar-refractivity contribution >= 4 is 11.8 Å². The van der Waals surface area contributed by atoms with Gasteiger partial charge in [0.25, 0.3) is 0 Å². The van der Waals surface area contributed by atoms with Gasteiger partial charge in [-0.05, 0) is 37.2 Å². The van der Waals surface area contributed by atoms with Crippen LogP contribution in [-0.2, 0) is 0 Å². The molecule has 88 valence electrons. The second-order valence-electron chi connectivity index (χ2n) is 4.15. The van der Waals surface area contributed by atoms with E-state index in [0.717, 1.165) is 36.7 Å². The van der Waals surface area contributed by atoms with Crippen molar-refractivity contribution in [1.29, 1.82) is 0 Å². The molecule has 4 heteroatoms. The van der Waals surface area contributed by atoms with Crippen LogP contribution in [-0.4, -0.2) is 36.3 Å². The first-order valence-corrected chi connectivity index (χ1v) is 6.59. The van der Waals surface area contributed by atoms with E-state index in [9.17, 15) is 4.39 Å². The molecule has 1 heterocycles. The van der Waals surface area contributed by atoms with E-state index in [1.54, 1.807) is 11.8 Å². The molecule has 0 radical (unpaired) electrons. The van der Waals surface area contributed by atoms with Crippen molar-refractivity contribution in [3.05, 3.63) is 30.1 Å². The molecule has 0 aromatic heterocycles. The number of rotatable bonds is 4. The van der Waals surface area contributed by atoms with Gasteiger partial charge in [-0.1, -0.05) is 0 Å². The molecule has 1 aromatic rings. The van der Waals surface area contributed by atoms with E-state index in [0.29, 0.717) is 6.04 Å². The Hall–Kier alpha value is -0.580. The van der Waals surface area contributed by atoms with E-state index >= 15 is 0 Å². The lowest BCUT2D eigenvalue weighted by molar-refractivity contribution is 0.357. The van der Waals surface area contributed by atoms with Gasteiger partial charge in [-0.25, -0.2) is 4.39 Å². The highest BCUT2D eigenvalue weighted by atomic mass is 32.2. The van der Waals surface area contributed by atoms with Gasteiger partial charge in [-0.2, -0.15) is 0 Å². The largest absolute Gasteiger partial charge is 0.326 e. The summed E-state index contributed by atoms with van der Waals surface area (Å²) < 4.78 is 12.7. The Bertz CT molecular complexity index is 328. The van der Waals surface area contributed by atoms with Crippen LogP contribution >= 0.6 is 11.8 Å². The zero-order valence-corrected chi connectivity index (χ0v) is 10.0. The van der Waals surface area contributed by atoms with Gasteiger partial charge in [0.05, 0.1) is 0 Å². The average molecular weight is 240 g/mol. The first-order valence-electron chi connectivity index (χ1n) is 5.60. The highest BCUT2D eigenvalue weighted by Crippen LogP contribution is 2.18. The summed E-state index contributed by atoms with van der Waals surface area (Å²) >= 11 is 1.77. The number of likely N-dealkylation sites (tertiary alicyclic amines) is 1. The van der Waals surface area contributed by atoms with Crippen molar-refractivity contribution in [3.63, 3.8) is 0 Å². The van der Waals surface area contributed by atoms with Gasteiger partial charge in [0, 0.05) is 29.8 Å². The third kappa shape index (κ3) is 3.47. The van der Waals surface area contributed by atoms with E-state index < -0.39 is 0 Å². The van der Waals surface area contributed by atoms with Gasteiger partial charge >= 0.3 is 0 Å². The lowest BCUT2D eigenvalue weighted by atomic mass is 10.3. The first kappa shape index (κ1) is 11.9. The normalized spacial score (nSPS) is 21.5. The van der Waals surface area contributed by atoms with Crippen molar-refractivity contribution in [1.82, 2.24) is 4.90 Å². The zero-order valence-electron chi connectivity index (χ0n) is 9.23. The number of benzene rings is 1. The number of halogens is 1. The third-order valence-electron chi connectivity index (χ3n) is 2.80. The monoisotopic (exact) mass is 240 g/mol. The first-order chi connectivity index (χ1) is 7.74. The SMILES string of the molecule is NC1CCN(CCSc2ccc(F)cc2)C1. The summed E-state index contributed by atoms with van der Waals surface area (Å²) in [6.07, 6.45) is 1.11. The van der Waals surface area contributed by atoms with Crippen LogP contribution in [0.3, 0.4) is 0 Å². The summed E-state index contributed by atoms with van der Waals surface area (Å²) in [6.45, 7) is 3.20. The molecule has 1 aliphatic heterocycles. The van der Waals surface area contributed by atoms with E-state index in [1.807, 2.05) is 12.1 Å². The smallest absolute Gasteiger partial charge is 0.123 e. The summed E-state index contributed by atoms with van der Waals surface area (Å²) in [6, 6.07) is 7.03. The summed E-state index contributed by atoms with van der Waals surface area (Å²) in [5.74, 6) is 0.869. The van der Waals surface area contributed by atoms with E-state index in [4.69, 9.17) is 5.73 Å². The fourth-order valence-corrected chi connectivity index (χ4v) is 2.80. The Kier molecular flexibility index (Phi) is 4.21. The predicted molar refractivity (Wildman–Crippen MR) is 66.2 cm³/mol. The number of thioether (sulfide) groups is 1. The Morgan fingerprint density at radius 2 is 2.12 bits per heavy atom. The molecule has 0 aliphatic carbocycles. The van der Waals surface area contributed by atoms with Crippen molar-refractivity contribution in [2.75, 3.05) is 25.4 Å². The maximum absolute atomic E-state index is 12.7. The van der Waals surface area contributed by atoms with E-state index in [2.05, 4.69) is 4.90 Å². The van der Waals surface area contributed by atoms with Gasteiger partial charge in [0.15, 0.2) is 0 Å². The van der Waals surface area contributed by atoms with E-state index in [1.165, 1.54) is 12.1 Å². The number of hydrogen-bond acceptors (Lipinski definition) is 3. The zero-order chi connectivity index (χ0) is 11.4. The minimum Gasteiger partial charge on any atom is -0.326 e. The molecule has 1 aromatic carbocycles. The van der Waals surface area contributed by atoms with E-state index in [-0.39, 0.29) is 5.82 Å². The number of hydrogen-bond donors (Lipinski definition) is 1.